The van der Waals surface area contributed by atoms with Crippen LogP contribution in [0.25, 0.3) is 11.7 Å². The summed E-state index contributed by atoms with van der Waals surface area (Å²) in [5.74, 6) is -0.611. The van der Waals surface area contributed by atoms with Gasteiger partial charge in [-0.1, -0.05) is 0 Å². The Hall–Kier alpha value is -2.64. The van der Waals surface area contributed by atoms with E-state index in [4.69, 9.17) is 13.6 Å². The van der Waals surface area contributed by atoms with E-state index in [0.29, 0.717) is 5.69 Å². The first kappa shape index (κ1) is 13.3. The lowest BCUT2D eigenvalue weighted by Gasteiger charge is -1.98. The number of rotatable bonds is 5. The number of carbonyl (C=O) groups is 1. The monoisotopic (exact) mass is 292 g/mol. The maximum atomic E-state index is 11.9. The topological polar surface area (TPSA) is 109 Å². The van der Waals surface area contributed by atoms with Crippen LogP contribution in [0.3, 0.4) is 0 Å². The summed E-state index contributed by atoms with van der Waals surface area (Å²) >= 11 is 0. The fourth-order valence-electron chi connectivity index (χ4n) is 1.95. The van der Waals surface area contributed by atoms with Gasteiger partial charge in [-0.25, -0.2) is 9.78 Å². The first-order valence-electron chi connectivity index (χ1n) is 6.52. The number of carbonyl (C=O) groups excluding carboxylic acids is 1. The van der Waals surface area contributed by atoms with Crippen molar-refractivity contribution in [3.05, 3.63) is 33.7 Å². The predicted octanol–water partition coefficient (Wildman–Crippen LogP) is 2.90. The van der Waals surface area contributed by atoms with E-state index in [1.165, 1.54) is 12.1 Å². The lowest BCUT2D eigenvalue weighted by atomic mass is 10.2. The van der Waals surface area contributed by atoms with Crippen molar-refractivity contribution in [2.24, 2.45) is 0 Å². The van der Waals surface area contributed by atoms with Crippen molar-refractivity contribution in [2.45, 2.75) is 25.7 Å². The Morgan fingerprint density at radius 2 is 2.24 bits per heavy atom. The second-order valence-corrected chi connectivity index (χ2v) is 4.62. The molecule has 2 aromatic rings. The van der Waals surface area contributed by atoms with Gasteiger partial charge in [-0.2, -0.15) is 0 Å². The van der Waals surface area contributed by atoms with Crippen LogP contribution in [0.5, 0.6) is 0 Å². The molecule has 0 bridgehead atoms. The summed E-state index contributed by atoms with van der Waals surface area (Å²) in [6.07, 6.45) is 1.85. The Labute approximate surface area is 118 Å². The van der Waals surface area contributed by atoms with Crippen LogP contribution >= 0.6 is 0 Å². The number of hydrogen-bond donors (Lipinski definition) is 0. The Bertz CT molecular complexity index is 697. The number of aromatic nitrogens is 1. The molecule has 1 aliphatic carbocycles. The highest BCUT2D eigenvalue weighted by molar-refractivity contribution is 5.88. The quantitative estimate of drug-likeness (QED) is 0.473. The summed E-state index contributed by atoms with van der Waals surface area (Å²) in [5, 5.41) is 10.6. The molecule has 110 valence electrons. The van der Waals surface area contributed by atoms with Crippen molar-refractivity contribution in [3.63, 3.8) is 0 Å². The minimum atomic E-state index is -0.652. The summed E-state index contributed by atoms with van der Waals surface area (Å²) < 4.78 is 15.4. The molecule has 0 radical (unpaired) electrons. The Morgan fingerprint density at radius 3 is 2.81 bits per heavy atom. The number of oxazole rings is 1. The molecule has 21 heavy (non-hydrogen) atoms. The summed E-state index contributed by atoms with van der Waals surface area (Å²) in [6.45, 7) is 1.92. The van der Waals surface area contributed by atoms with Gasteiger partial charge in [-0.15, -0.1) is 0 Å². The van der Waals surface area contributed by atoms with Crippen molar-refractivity contribution < 1.29 is 23.3 Å². The van der Waals surface area contributed by atoms with Crippen molar-refractivity contribution in [1.82, 2.24) is 4.98 Å². The number of furan rings is 1. The summed E-state index contributed by atoms with van der Waals surface area (Å²) in [6, 6.07) is 2.59. The fraction of sp³-hybridized carbons (Fsp3) is 0.385. The van der Waals surface area contributed by atoms with Gasteiger partial charge in [0, 0.05) is 5.92 Å². The SMILES string of the molecule is CCOC(=O)c1oc(-c2ccc([N+](=O)[O-])o2)nc1C1CC1. The molecule has 0 saturated heterocycles. The minimum Gasteiger partial charge on any atom is -0.460 e. The van der Waals surface area contributed by atoms with Crippen LogP contribution in [0.1, 0.15) is 41.9 Å². The normalized spacial score (nSPS) is 14.1. The third-order valence-electron chi connectivity index (χ3n) is 3.06. The number of ether oxygens (including phenoxy) is 1. The molecule has 0 aliphatic heterocycles. The zero-order chi connectivity index (χ0) is 15.0. The molecule has 0 unspecified atom stereocenters. The van der Waals surface area contributed by atoms with Gasteiger partial charge in [0.2, 0.25) is 5.76 Å². The lowest BCUT2D eigenvalue weighted by Crippen LogP contribution is -2.05. The molecule has 0 spiro atoms. The average molecular weight is 292 g/mol. The van der Waals surface area contributed by atoms with Gasteiger partial charge >= 0.3 is 11.9 Å². The minimum absolute atomic E-state index is 0.0491. The average Bonchev–Trinajstić information content (AvgIpc) is 3.02. The summed E-state index contributed by atoms with van der Waals surface area (Å²) in [5.41, 5.74) is 0.530. The maximum absolute atomic E-state index is 11.9. The molecular weight excluding hydrogens is 280 g/mol. The van der Waals surface area contributed by atoms with Crippen molar-refractivity contribution in [1.29, 1.82) is 0 Å². The molecular formula is C13H12N2O6. The number of nitro groups is 1. The molecule has 8 nitrogen and oxygen atoms in total. The largest absolute Gasteiger partial charge is 0.460 e. The van der Waals surface area contributed by atoms with Gasteiger partial charge in [0.1, 0.15) is 4.92 Å². The van der Waals surface area contributed by atoms with Gasteiger partial charge in [0.25, 0.3) is 5.89 Å². The second kappa shape index (κ2) is 5.04. The smallest absolute Gasteiger partial charge is 0.433 e. The van der Waals surface area contributed by atoms with E-state index in [0.717, 1.165) is 12.8 Å². The Kier molecular flexibility index (Phi) is 3.20. The van der Waals surface area contributed by atoms with E-state index >= 15 is 0 Å². The lowest BCUT2D eigenvalue weighted by molar-refractivity contribution is -0.401. The first-order valence-corrected chi connectivity index (χ1v) is 6.52. The zero-order valence-corrected chi connectivity index (χ0v) is 11.2. The molecule has 2 heterocycles. The third kappa shape index (κ3) is 2.51. The van der Waals surface area contributed by atoms with Crippen LogP contribution in [0.2, 0.25) is 0 Å². The Balaban J connectivity index is 1.97. The van der Waals surface area contributed by atoms with Gasteiger partial charge in [0.15, 0.2) is 5.76 Å². The molecule has 1 aliphatic rings. The van der Waals surface area contributed by atoms with Crippen LogP contribution in [-0.2, 0) is 4.74 Å². The first-order chi connectivity index (χ1) is 10.1. The highest BCUT2D eigenvalue weighted by Gasteiger charge is 2.35. The van der Waals surface area contributed by atoms with E-state index in [2.05, 4.69) is 4.98 Å². The highest BCUT2D eigenvalue weighted by atomic mass is 16.6. The van der Waals surface area contributed by atoms with Gasteiger partial charge in [0.05, 0.1) is 18.4 Å². The predicted molar refractivity (Wildman–Crippen MR) is 68.8 cm³/mol. The molecule has 3 rings (SSSR count). The maximum Gasteiger partial charge on any atom is 0.433 e. The number of nitrogens with zero attached hydrogens (tertiary/aromatic N) is 2. The molecule has 0 atom stereocenters. The standard InChI is InChI=1S/C13H12N2O6/c1-2-19-13(16)11-10(7-3-4-7)14-12(21-11)8-5-6-9(20-8)15(17)18/h5-7H,2-4H2,1H3. The van der Waals surface area contributed by atoms with Gasteiger partial charge < -0.3 is 13.6 Å². The van der Waals surface area contributed by atoms with Crippen molar-refractivity contribution in [2.75, 3.05) is 6.61 Å². The van der Waals surface area contributed by atoms with Crippen molar-refractivity contribution >= 4 is 11.9 Å². The van der Waals surface area contributed by atoms with E-state index < -0.39 is 16.8 Å². The highest BCUT2D eigenvalue weighted by Crippen LogP contribution is 2.42. The van der Waals surface area contributed by atoms with E-state index in [1.54, 1.807) is 6.92 Å². The fourth-order valence-corrected chi connectivity index (χ4v) is 1.95. The van der Waals surface area contributed by atoms with E-state index in [9.17, 15) is 14.9 Å². The number of esters is 1. The number of hydrogen-bond acceptors (Lipinski definition) is 7. The Morgan fingerprint density at radius 1 is 1.48 bits per heavy atom. The zero-order valence-electron chi connectivity index (χ0n) is 11.2. The van der Waals surface area contributed by atoms with Gasteiger partial charge in [-0.3, -0.25) is 10.1 Å². The molecule has 1 fully saturated rings. The van der Waals surface area contributed by atoms with Crippen LogP contribution < -0.4 is 0 Å². The summed E-state index contributed by atoms with van der Waals surface area (Å²) in [4.78, 5) is 26.1. The van der Waals surface area contributed by atoms with Crippen molar-refractivity contribution in [3.8, 4) is 11.7 Å². The van der Waals surface area contributed by atoms with E-state index in [1.807, 2.05) is 0 Å². The van der Waals surface area contributed by atoms with Crippen LogP contribution in [-0.4, -0.2) is 22.5 Å². The molecule has 8 heteroatoms. The molecule has 0 amide bonds. The van der Waals surface area contributed by atoms with Crippen LogP contribution in [0.4, 0.5) is 5.88 Å². The molecule has 0 N–H and O–H groups in total. The molecule has 2 aromatic heterocycles. The molecule has 0 aromatic carbocycles. The van der Waals surface area contributed by atoms with E-state index in [-0.39, 0.29) is 29.9 Å². The van der Waals surface area contributed by atoms with Crippen LogP contribution in [0.15, 0.2) is 21.0 Å². The summed E-state index contributed by atoms with van der Waals surface area (Å²) in [7, 11) is 0. The second-order valence-electron chi connectivity index (χ2n) is 4.62. The van der Waals surface area contributed by atoms with Crippen LogP contribution in [0, 0.1) is 10.1 Å². The van der Waals surface area contributed by atoms with Gasteiger partial charge in [-0.05, 0) is 25.8 Å². The molecule has 1 saturated carbocycles. The third-order valence-corrected chi connectivity index (χ3v) is 3.06.